The van der Waals surface area contributed by atoms with E-state index in [2.05, 4.69) is 22.1 Å². The molecule has 1 fully saturated rings. The smallest absolute Gasteiger partial charge is 0.339 e. The van der Waals surface area contributed by atoms with Crippen LogP contribution >= 0.6 is 0 Å². The zero-order chi connectivity index (χ0) is 25.9. The molecule has 0 atom stereocenters. The molecule has 0 bridgehead atoms. The van der Waals surface area contributed by atoms with Gasteiger partial charge in [-0.05, 0) is 39.0 Å². The van der Waals surface area contributed by atoms with Gasteiger partial charge < -0.3 is 14.5 Å². The molecule has 1 aliphatic rings. The Labute approximate surface area is 216 Å². The zero-order valence-corrected chi connectivity index (χ0v) is 21.4. The minimum absolute atomic E-state index is 0.0678. The first-order valence-electron chi connectivity index (χ1n) is 12.6. The number of carbonyl (C=O) groups is 2. The van der Waals surface area contributed by atoms with E-state index in [1.54, 1.807) is 21.8 Å². The standard InChI is InChI=1S/C29H31N5O3/c1-20(2)34-28-25(18-30-34)24(17-26(31-28)22-11-9-21(3)10-12-22)29(36)37-19-27(35)33-15-13-32(14-16-33)23-7-5-4-6-8-23/h4-12,17-18,20H,13-16,19H2,1-3H3. The van der Waals surface area contributed by atoms with Gasteiger partial charge >= 0.3 is 5.97 Å². The van der Waals surface area contributed by atoms with E-state index >= 15 is 0 Å². The summed E-state index contributed by atoms with van der Waals surface area (Å²) in [6.45, 7) is 8.41. The summed E-state index contributed by atoms with van der Waals surface area (Å²) in [7, 11) is 0. The summed E-state index contributed by atoms with van der Waals surface area (Å²) in [6.07, 6.45) is 1.64. The number of pyridine rings is 1. The van der Waals surface area contributed by atoms with Crippen LogP contribution in [0, 0.1) is 6.92 Å². The molecule has 0 saturated carbocycles. The predicted octanol–water partition coefficient (Wildman–Crippen LogP) is 4.49. The zero-order valence-electron chi connectivity index (χ0n) is 21.4. The van der Waals surface area contributed by atoms with Crippen molar-refractivity contribution in [1.29, 1.82) is 0 Å². The Kier molecular flexibility index (Phi) is 6.90. The average Bonchev–Trinajstić information content (AvgIpc) is 3.36. The monoisotopic (exact) mass is 497 g/mol. The van der Waals surface area contributed by atoms with Crippen LogP contribution in [0.2, 0.25) is 0 Å². The van der Waals surface area contributed by atoms with Gasteiger partial charge in [-0.1, -0.05) is 48.0 Å². The summed E-state index contributed by atoms with van der Waals surface area (Å²) in [6, 6.07) is 19.9. The summed E-state index contributed by atoms with van der Waals surface area (Å²) >= 11 is 0. The molecule has 0 spiro atoms. The Balaban J connectivity index is 1.31. The number of ether oxygens (including phenoxy) is 1. The summed E-state index contributed by atoms with van der Waals surface area (Å²) in [4.78, 5) is 34.9. The number of amides is 1. The maximum atomic E-state index is 13.2. The summed E-state index contributed by atoms with van der Waals surface area (Å²) in [5.74, 6) is -0.747. The lowest BCUT2D eigenvalue weighted by Gasteiger charge is -2.36. The normalized spacial score (nSPS) is 13.8. The molecule has 8 heteroatoms. The number of piperazine rings is 1. The van der Waals surface area contributed by atoms with Crippen molar-refractivity contribution in [3.63, 3.8) is 0 Å². The molecule has 37 heavy (non-hydrogen) atoms. The van der Waals surface area contributed by atoms with Crippen LogP contribution in [-0.4, -0.2) is 64.3 Å². The highest BCUT2D eigenvalue weighted by Crippen LogP contribution is 2.27. The van der Waals surface area contributed by atoms with Crippen molar-refractivity contribution < 1.29 is 14.3 Å². The van der Waals surface area contributed by atoms with Crippen molar-refractivity contribution in [2.45, 2.75) is 26.8 Å². The minimum Gasteiger partial charge on any atom is -0.452 e. The largest absolute Gasteiger partial charge is 0.452 e. The minimum atomic E-state index is -0.555. The van der Waals surface area contributed by atoms with Crippen LogP contribution in [0.5, 0.6) is 0 Å². The number of para-hydroxylation sites is 1. The van der Waals surface area contributed by atoms with Gasteiger partial charge in [0.1, 0.15) is 0 Å². The van der Waals surface area contributed by atoms with Crippen molar-refractivity contribution in [1.82, 2.24) is 19.7 Å². The van der Waals surface area contributed by atoms with Gasteiger partial charge in [0.05, 0.1) is 22.8 Å². The molecule has 1 saturated heterocycles. The van der Waals surface area contributed by atoms with Crippen LogP contribution in [0.1, 0.15) is 35.8 Å². The quantitative estimate of drug-likeness (QED) is 0.365. The van der Waals surface area contributed by atoms with Gasteiger partial charge in [-0.15, -0.1) is 0 Å². The third-order valence-electron chi connectivity index (χ3n) is 6.70. The molecule has 1 aliphatic heterocycles. The average molecular weight is 498 g/mol. The molecule has 0 N–H and O–H groups in total. The van der Waals surface area contributed by atoms with Crippen molar-refractivity contribution in [2.24, 2.45) is 0 Å². The number of esters is 1. The first-order valence-corrected chi connectivity index (χ1v) is 12.6. The molecule has 8 nitrogen and oxygen atoms in total. The first kappa shape index (κ1) is 24.5. The maximum absolute atomic E-state index is 13.2. The predicted molar refractivity (Wildman–Crippen MR) is 144 cm³/mol. The van der Waals surface area contributed by atoms with Crippen molar-refractivity contribution in [3.8, 4) is 11.3 Å². The highest BCUT2D eigenvalue weighted by molar-refractivity contribution is 6.04. The maximum Gasteiger partial charge on any atom is 0.339 e. The number of aryl methyl sites for hydroxylation is 1. The Morgan fingerprint density at radius 3 is 2.35 bits per heavy atom. The van der Waals surface area contributed by atoms with Crippen LogP contribution in [-0.2, 0) is 9.53 Å². The number of aromatic nitrogens is 3. The number of hydrogen-bond acceptors (Lipinski definition) is 6. The summed E-state index contributed by atoms with van der Waals surface area (Å²) in [5, 5.41) is 5.06. The summed E-state index contributed by atoms with van der Waals surface area (Å²) in [5.41, 5.74) is 4.81. The molecular formula is C29H31N5O3. The lowest BCUT2D eigenvalue weighted by molar-refractivity contribution is -0.134. The van der Waals surface area contributed by atoms with Gasteiger partial charge in [-0.2, -0.15) is 5.10 Å². The van der Waals surface area contributed by atoms with Crippen LogP contribution in [0.25, 0.3) is 22.3 Å². The summed E-state index contributed by atoms with van der Waals surface area (Å²) < 4.78 is 7.33. The highest BCUT2D eigenvalue weighted by atomic mass is 16.5. The topological polar surface area (TPSA) is 80.6 Å². The third-order valence-corrected chi connectivity index (χ3v) is 6.70. The molecule has 0 unspecified atom stereocenters. The number of carbonyl (C=O) groups excluding carboxylic acids is 2. The van der Waals surface area contributed by atoms with Gasteiger partial charge in [0.15, 0.2) is 12.3 Å². The van der Waals surface area contributed by atoms with Crippen LogP contribution in [0.4, 0.5) is 5.69 Å². The molecule has 5 rings (SSSR count). The molecule has 4 aromatic rings. The molecule has 0 radical (unpaired) electrons. The highest BCUT2D eigenvalue weighted by Gasteiger charge is 2.24. The number of benzene rings is 2. The third kappa shape index (κ3) is 5.18. The Hall–Kier alpha value is -4.20. The van der Waals surface area contributed by atoms with Crippen molar-refractivity contribution >= 4 is 28.6 Å². The first-order chi connectivity index (χ1) is 17.9. The van der Waals surface area contributed by atoms with Gasteiger partial charge in [0.2, 0.25) is 0 Å². The van der Waals surface area contributed by atoms with E-state index in [-0.39, 0.29) is 18.6 Å². The Morgan fingerprint density at radius 1 is 0.973 bits per heavy atom. The number of nitrogens with zero attached hydrogens (tertiary/aromatic N) is 5. The van der Waals surface area contributed by atoms with E-state index in [1.165, 1.54) is 0 Å². The van der Waals surface area contributed by atoms with E-state index in [9.17, 15) is 9.59 Å². The van der Waals surface area contributed by atoms with Gasteiger partial charge in [-0.25, -0.2) is 14.5 Å². The second kappa shape index (κ2) is 10.4. The van der Waals surface area contributed by atoms with Crippen LogP contribution in [0.15, 0.2) is 66.9 Å². The molecular weight excluding hydrogens is 466 g/mol. The van der Waals surface area contributed by atoms with Gasteiger partial charge in [-0.3, -0.25) is 4.79 Å². The fraction of sp³-hybridized carbons (Fsp3) is 0.310. The van der Waals surface area contributed by atoms with Gasteiger partial charge in [0, 0.05) is 43.5 Å². The van der Waals surface area contributed by atoms with Gasteiger partial charge in [0.25, 0.3) is 5.91 Å². The van der Waals surface area contributed by atoms with E-state index in [1.807, 2.05) is 63.2 Å². The van der Waals surface area contributed by atoms with E-state index in [0.29, 0.717) is 35.4 Å². The van der Waals surface area contributed by atoms with E-state index in [4.69, 9.17) is 9.72 Å². The van der Waals surface area contributed by atoms with Crippen LogP contribution < -0.4 is 4.90 Å². The molecule has 0 aliphatic carbocycles. The number of fused-ring (bicyclic) bond motifs is 1. The van der Waals surface area contributed by atoms with Crippen molar-refractivity contribution in [2.75, 3.05) is 37.7 Å². The lowest BCUT2D eigenvalue weighted by Crippen LogP contribution is -2.49. The number of rotatable bonds is 6. The molecule has 190 valence electrons. The molecule has 2 aromatic heterocycles. The van der Waals surface area contributed by atoms with E-state index in [0.717, 1.165) is 29.9 Å². The number of anilines is 1. The fourth-order valence-corrected chi connectivity index (χ4v) is 4.59. The molecule has 1 amide bonds. The Bertz CT molecular complexity index is 1410. The van der Waals surface area contributed by atoms with Crippen molar-refractivity contribution in [3.05, 3.63) is 78.0 Å². The molecule has 2 aromatic carbocycles. The SMILES string of the molecule is Cc1ccc(-c2cc(C(=O)OCC(=O)N3CCN(c4ccccc4)CC3)c3cnn(C(C)C)c3n2)cc1. The van der Waals surface area contributed by atoms with E-state index < -0.39 is 5.97 Å². The second-order valence-electron chi connectivity index (χ2n) is 9.62. The molecule has 3 heterocycles. The number of hydrogen-bond donors (Lipinski definition) is 0. The second-order valence-corrected chi connectivity index (χ2v) is 9.62. The lowest BCUT2D eigenvalue weighted by atomic mass is 10.1. The van der Waals surface area contributed by atoms with Crippen LogP contribution in [0.3, 0.4) is 0 Å². The Morgan fingerprint density at radius 2 is 1.68 bits per heavy atom. The fourth-order valence-electron chi connectivity index (χ4n) is 4.59.